The third-order valence-electron chi connectivity index (χ3n) is 2.51. The Balaban J connectivity index is 0.000000853. The average Bonchev–Trinajstić information content (AvgIpc) is 2.57. The Morgan fingerprint density at radius 2 is 1.60 bits per heavy atom. The summed E-state index contributed by atoms with van der Waals surface area (Å²) in [6.07, 6.45) is 0. The van der Waals surface area contributed by atoms with Gasteiger partial charge in [-0.15, -0.1) is 0 Å². The molecular formula is C12H9NNaO. The smallest absolute Gasteiger partial charge is 0.125 e. The average molecular weight is 206 g/mol. The summed E-state index contributed by atoms with van der Waals surface area (Å²) in [5, 5.41) is 11.7. The largest absolute Gasteiger partial charge is 0.507 e. The van der Waals surface area contributed by atoms with E-state index in [2.05, 4.69) is 4.98 Å². The molecule has 0 unspecified atom stereocenters. The molecule has 0 aliphatic carbocycles. The van der Waals surface area contributed by atoms with Crippen LogP contribution in [-0.4, -0.2) is 39.6 Å². The normalized spacial score (nSPS) is 10.4. The molecule has 1 heterocycles. The van der Waals surface area contributed by atoms with Crippen molar-refractivity contribution >= 4 is 51.4 Å². The molecule has 69 valence electrons. The Morgan fingerprint density at radius 1 is 0.867 bits per heavy atom. The Hall–Kier alpha value is -0.960. The molecule has 0 spiro atoms. The van der Waals surface area contributed by atoms with Gasteiger partial charge in [0.05, 0.1) is 5.52 Å². The maximum atomic E-state index is 9.74. The summed E-state index contributed by atoms with van der Waals surface area (Å²) in [4.78, 5) is 3.26. The molecule has 0 aliphatic rings. The van der Waals surface area contributed by atoms with Gasteiger partial charge in [-0.2, -0.15) is 0 Å². The van der Waals surface area contributed by atoms with Gasteiger partial charge in [0.25, 0.3) is 0 Å². The van der Waals surface area contributed by atoms with Gasteiger partial charge in [-0.1, -0.05) is 24.3 Å². The van der Waals surface area contributed by atoms with Gasteiger partial charge in [-0.25, -0.2) is 0 Å². The molecule has 1 radical (unpaired) electrons. The van der Waals surface area contributed by atoms with Crippen molar-refractivity contribution in [1.82, 2.24) is 4.98 Å². The van der Waals surface area contributed by atoms with Crippen molar-refractivity contribution in [2.75, 3.05) is 0 Å². The van der Waals surface area contributed by atoms with E-state index >= 15 is 0 Å². The first kappa shape index (κ1) is 10.6. The van der Waals surface area contributed by atoms with Crippen molar-refractivity contribution in [2.24, 2.45) is 0 Å². The van der Waals surface area contributed by atoms with E-state index in [1.165, 1.54) is 0 Å². The first-order valence-electron chi connectivity index (χ1n) is 4.54. The molecule has 2 N–H and O–H groups in total. The number of para-hydroxylation sites is 1. The van der Waals surface area contributed by atoms with Crippen LogP contribution >= 0.6 is 0 Å². The first-order valence-corrected chi connectivity index (χ1v) is 4.54. The van der Waals surface area contributed by atoms with Crippen LogP contribution < -0.4 is 0 Å². The van der Waals surface area contributed by atoms with E-state index in [1.807, 2.05) is 36.4 Å². The Kier molecular flexibility index (Phi) is 2.74. The molecule has 0 atom stereocenters. The number of H-pyrrole nitrogens is 1. The van der Waals surface area contributed by atoms with E-state index in [0.717, 1.165) is 21.8 Å². The molecular weight excluding hydrogens is 197 g/mol. The fourth-order valence-electron chi connectivity index (χ4n) is 1.88. The van der Waals surface area contributed by atoms with Crippen molar-refractivity contribution in [3.05, 3.63) is 42.5 Å². The van der Waals surface area contributed by atoms with Crippen LogP contribution in [-0.2, 0) is 0 Å². The van der Waals surface area contributed by atoms with E-state index in [1.54, 1.807) is 6.07 Å². The second kappa shape index (κ2) is 3.89. The van der Waals surface area contributed by atoms with E-state index < -0.39 is 0 Å². The van der Waals surface area contributed by atoms with Gasteiger partial charge in [0, 0.05) is 45.8 Å². The van der Waals surface area contributed by atoms with E-state index in [4.69, 9.17) is 0 Å². The van der Waals surface area contributed by atoms with Crippen LogP contribution in [0.1, 0.15) is 0 Å². The summed E-state index contributed by atoms with van der Waals surface area (Å²) < 4.78 is 0. The molecule has 0 aliphatic heterocycles. The maximum absolute atomic E-state index is 9.74. The number of nitrogens with one attached hydrogen (secondary N) is 1. The molecule has 2 nitrogen and oxygen atoms in total. The zero-order chi connectivity index (χ0) is 9.54. The van der Waals surface area contributed by atoms with Crippen molar-refractivity contribution < 1.29 is 5.11 Å². The van der Waals surface area contributed by atoms with Crippen LogP contribution in [0, 0.1) is 0 Å². The van der Waals surface area contributed by atoms with E-state index in [9.17, 15) is 5.11 Å². The van der Waals surface area contributed by atoms with Crippen molar-refractivity contribution in [1.29, 1.82) is 0 Å². The number of aromatic nitrogens is 1. The second-order valence-corrected chi connectivity index (χ2v) is 3.37. The standard InChI is InChI=1S/C12H9NO.Na/c14-11-7-3-6-10-12(11)8-4-1-2-5-9(8)13-10;/h1-7,13-14H;. The van der Waals surface area contributed by atoms with Crippen LogP contribution in [0.25, 0.3) is 21.8 Å². The summed E-state index contributed by atoms with van der Waals surface area (Å²) >= 11 is 0. The van der Waals surface area contributed by atoms with Crippen LogP contribution in [0.15, 0.2) is 42.5 Å². The van der Waals surface area contributed by atoms with Crippen LogP contribution in [0.4, 0.5) is 0 Å². The van der Waals surface area contributed by atoms with Gasteiger partial charge < -0.3 is 10.1 Å². The Morgan fingerprint density at radius 3 is 2.47 bits per heavy atom. The Bertz CT molecular complexity index is 615. The van der Waals surface area contributed by atoms with Gasteiger partial charge in [-0.05, 0) is 18.2 Å². The third kappa shape index (κ3) is 1.55. The monoisotopic (exact) mass is 206 g/mol. The van der Waals surface area contributed by atoms with Crippen molar-refractivity contribution in [2.45, 2.75) is 0 Å². The SMILES string of the molecule is Oc1cccc2[nH]c3ccccc3c12.[Na]. The number of rotatable bonds is 0. The minimum atomic E-state index is 0. The molecule has 3 heteroatoms. The second-order valence-electron chi connectivity index (χ2n) is 3.37. The number of phenols is 1. The predicted octanol–water partition coefficient (Wildman–Crippen LogP) is 2.65. The summed E-state index contributed by atoms with van der Waals surface area (Å²) in [6.45, 7) is 0. The summed E-state index contributed by atoms with van der Waals surface area (Å²) in [5.74, 6) is 0.333. The first-order chi connectivity index (χ1) is 6.86. The molecule has 15 heavy (non-hydrogen) atoms. The number of phenolic OH excluding ortho intramolecular Hbond substituents is 1. The molecule has 2 aromatic carbocycles. The van der Waals surface area contributed by atoms with Gasteiger partial charge in [-0.3, -0.25) is 0 Å². The molecule has 0 fully saturated rings. The fourth-order valence-corrected chi connectivity index (χ4v) is 1.88. The van der Waals surface area contributed by atoms with E-state index in [0.29, 0.717) is 5.75 Å². The van der Waals surface area contributed by atoms with Crippen molar-refractivity contribution in [3.63, 3.8) is 0 Å². The summed E-state index contributed by atoms with van der Waals surface area (Å²) in [5.41, 5.74) is 2.04. The molecule has 3 rings (SSSR count). The number of aromatic amines is 1. The summed E-state index contributed by atoms with van der Waals surface area (Å²) in [6, 6.07) is 13.5. The third-order valence-corrected chi connectivity index (χ3v) is 2.51. The van der Waals surface area contributed by atoms with Gasteiger partial charge in [0.15, 0.2) is 0 Å². The number of hydrogen-bond acceptors (Lipinski definition) is 1. The molecule has 1 aromatic heterocycles. The zero-order valence-corrected chi connectivity index (χ0v) is 10.5. The molecule has 0 amide bonds. The van der Waals surface area contributed by atoms with Gasteiger partial charge in [0.2, 0.25) is 0 Å². The molecule has 0 bridgehead atoms. The topological polar surface area (TPSA) is 36.0 Å². The van der Waals surface area contributed by atoms with Crippen LogP contribution in [0.3, 0.4) is 0 Å². The molecule has 3 aromatic rings. The fraction of sp³-hybridized carbons (Fsp3) is 0. The minimum absolute atomic E-state index is 0. The van der Waals surface area contributed by atoms with Crippen LogP contribution in [0.5, 0.6) is 5.75 Å². The van der Waals surface area contributed by atoms with Gasteiger partial charge in [0.1, 0.15) is 5.75 Å². The summed E-state index contributed by atoms with van der Waals surface area (Å²) in [7, 11) is 0. The number of hydrogen-bond donors (Lipinski definition) is 2. The van der Waals surface area contributed by atoms with Crippen molar-refractivity contribution in [3.8, 4) is 5.75 Å². The molecule has 0 saturated heterocycles. The maximum Gasteiger partial charge on any atom is 0.125 e. The van der Waals surface area contributed by atoms with Gasteiger partial charge >= 0.3 is 0 Å². The predicted molar refractivity (Wildman–Crippen MR) is 63.2 cm³/mol. The number of aromatic hydroxyl groups is 1. The number of fused-ring (bicyclic) bond motifs is 3. The minimum Gasteiger partial charge on any atom is -0.507 e. The zero-order valence-electron chi connectivity index (χ0n) is 8.49. The molecule has 0 saturated carbocycles. The Labute approximate surface area is 109 Å². The van der Waals surface area contributed by atoms with E-state index in [-0.39, 0.29) is 29.6 Å². The van der Waals surface area contributed by atoms with Crippen LogP contribution in [0.2, 0.25) is 0 Å². The quantitative estimate of drug-likeness (QED) is 0.545. The number of benzene rings is 2.